The lowest BCUT2D eigenvalue weighted by molar-refractivity contribution is -0.194. The molecule has 2 aliphatic rings. The van der Waals surface area contributed by atoms with E-state index < -0.39 is 36.3 Å². The highest BCUT2D eigenvalue weighted by Crippen LogP contribution is 2.51. The number of hydrogen-bond donors (Lipinski definition) is 2. The Hall–Kier alpha value is -3.85. The minimum Gasteiger partial charge on any atom is -0.381 e. The number of aromatic nitrogens is 3. The zero-order valence-corrected chi connectivity index (χ0v) is 22.9. The van der Waals surface area contributed by atoms with Crippen LogP contribution in [0.25, 0.3) is 16.9 Å². The van der Waals surface area contributed by atoms with Crippen LogP contribution < -0.4 is 5.73 Å². The first-order valence-electron chi connectivity index (χ1n) is 13.1. The summed E-state index contributed by atoms with van der Waals surface area (Å²) in [6.45, 7) is 3.63. The molecule has 3 aromatic rings. The minimum atomic E-state index is -5.30. The first-order valence-corrected chi connectivity index (χ1v) is 13.1. The number of nitrogens with two attached hydrogens (primary N) is 1. The molecule has 1 aromatic carbocycles. The van der Waals surface area contributed by atoms with Crippen LogP contribution >= 0.6 is 0 Å². The lowest BCUT2D eigenvalue weighted by Gasteiger charge is -2.39. The summed E-state index contributed by atoms with van der Waals surface area (Å²) in [4.78, 5) is 35.8. The maximum Gasteiger partial charge on any atom is 0.491 e. The molecule has 1 amide bonds. The Morgan fingerprint density at radius 3 is 2.60 bits per heavy atom. The molecule has 0 spiro atoms. The number of nitrogens with zero attached hydrogens (tertiary/aromatic N) is 5. The monoisotopic (exact) mass is 596 g/mol. The van der Waals surface area contributed by atoms with Crippen molar-refractivity contribution in [2.75, 3.05) is 32.4 Å². The Kier molecular flexibility index (Phi) is 7.38. The van der Waals surface area contributed by atoms with E-state index in [1.54, 1.807) is 23.6 Å². The lowest BCUT2D eigenvalue weighted by atomic mass is 9.92. The zero-order valence-electron chi connectivity index (χ0n) is 22.9. The number of likely N-dealkylation sites (N-methyl/N-ethyl adjacent to an activating group) is 1. The number of fused-ring (bicyclic) bond motifs is 1. The predicted molar refractivity (Wildman–Crippen MR) is 140 cm³/mol. The van der Waals surface area contributed by atoms with E-state index in [9.17, 15) is 36.6 Å². The molecule has 2 fully saturated rings. The highest BCUT2D eigenvalue weighted by molar-refractivity contribution is 5.88. The molecule has 4 unspecified atom stereocenters. The van der Waals surface area contributed by atoms with Gasteiger partial charge in [-0.15, -0.1) is 0 Å². The van der Waals surface area contributed by atoms with Crippen LogP contribution in [0.2, 0.25) is 0 Å². The number of alkyl halides is 5. The van der Waals surface area contributed by atoms with Gasteiger partial charge in [-0.3, -0.25) is 4.40 Å². The molecule has 1 aliphatic heterocycles. The van der Waals surface area contributed by atoms with Gasteiger partial charge in [0.2, 0.25) is 0 Å². The van der Waals surface area contributed by atoms with Gasteiger partial charge in [0, 0.05) is 37.3 Å². The van der Waals surface area contributed by atoms with Gasteiger partial charge < -0.3 is 25.4 Å². The number of ether oxygens (including phenoxy) is 1. The van der Waals surface area contributed by atoms with Crippen LogP contribution in [0, 0.1) is 12.8 Å². The second kappa shape index (κ2) is 10.5. The van der Waals surface area contributed by atoms with Gasteiger partial charge in [-0.2, -0.15) is 13.2 Å². The van der Waals surface area contributed by atoms with Crippen molar-refractivity contribution in [1.82, 2.24) is 24.2 Å². The molecule has 1 saturated heterocycles. The van der Waals surface area contributed by atoms with Crippen LogP contribution in [0.3, 0.4) is 0 Å². The van der Waals surface area contributed by atoms with E-state index in [4.69, 9.17) is 5.73 Å². The third kappa shape index (κ3) is 5.38. The van der Waals surface area contributed by atoms with Gasteiger partial charge >= 0.3 is 18.2 Å². The predicted octanol–water partition coefficient (Wildman–Crippen LogP) is 3.70. The summed E-state index contributed by atoms with van der Waals surface area (Å²) in [5.74, 6) is -2.89. The second-order valence-corrected chi connectivity index (χ2v) is 11.0. The number of piperazine rings is 1. The molecule has 5 rings (SSSR count). The molecule has 0 radical (unpaired) electrons. The van der Waals surface area contributed by atoms with Gasteiger partial charge in [-0.25, -0.2) is 28.3 Å². The van der Waals surface area contributed by atoms with E-state index in [2.05, 4.69) is 14.7 Å². The normalized spacial score (nSPS) is 22.8. The van der Waals surface area contributed by atoms with Crippen LogP contribution in [0.5, 0.6) is 0 Å². The van der Waals surface area contributed by atoms with Gasteiger partial charge in [-0.05, 0) is 50.4 Å². The number of hydrogen-bond acceptors (Lipinski definition) is 8. The molecule has 3 heterocycles. The van der Waals surface area contributed by atoms with Gasteiger partial charge in [-0.1, -0.05) is 12.1 Å². The number of imidazole rings is 1. The van der Waals surface area contributed by atoms with E-state index in [1.165, 1.54) is 18.3 Å². The van der Waals surface area contributed by atoms with Crippen molar-refractivity contribution >= 4 is 23.5 Å². The third-order valence-corrected chi connectivity index (χ3v) is 8.04. The highest BCUT2D eigenvalue weighted by atomic mass is 19.4. The summed E-state index contributed by atoms with van der Waals surface area (Å²) in [6.07, 6.45) is -5.89. The number of aliphatic hydroxyl groups is 1. The SMILES string of the molecule is Cc1ccc(C(C)(O)C(F)F)cc1-c1cnc2c(N)nc(C3CC3C3CN(C)CCN3C(=O)OC(=O)C(F)(F)F)cn12. The number of nitrogen functional groups attached to an aromatic ring is 1. The van der Waals surface area contributed by atoms with E-state index in [-0.39, 0.29) is 29.8 Å². The molecule has 15 heteroatoms. The molecule has 42 heavy (non-hydrogen) atoms. The van der Waals surface area contributed by atoms with Crippen molar-refractivity contribution in [3.63, 3.8) is 0 Å². The summed E-state index contributed by atoms with van der Waals surface area (Å²) in [6, 6.07) is 3.99. The van der Waals surface area contributed by atoms with Gasteiger partial charge in [0.05, 0.1) is 23.6 Å². The molecule has 2 aromatic heterocycles. The fourth-order valence-electron chi connectivity index (χ4n) is 5.47. The van der Waals surface area contributed by atoms with Crippen LogP contribution in [0.4, 0.5) is 32.6 Å². The molecule has 1 aliphatic carbocycles. The van der Waals surface area contributed by atoms with Crippen molar-refractivity contribution in [3.05, 3.63) is 47.4 Å². The average molecular weight is 597 g/mol. The summed E-state index contributed by atoms with van der Waals surface area (Å²) in [7, 11) is 1.82. The Morgan fingerprint density at radius 2 is 1.93 bits per heavy atom. The third-order valence-electron chi connectivity index (χ3n) is 8.04. The molecular formula is C27H29F5N6O4. The Bertz CT molecular complexity index is 1540. The van der Waals surface area contributed by atoms with Crippen molar-refractivity contribution < 1.29 is 41.4 Å². The number of rotatable bonds is 5. The number of esters is 1. The lowest BCUT2D eigenvalue weighted by Crippen LogP contribution is -2.56. The van der Waals surface area contributed by atoms with E-state index >= 15 is 0 Å². The fourth-order valence-corrected chi connectivity index (χ4v) is 5.47. The van der Waals surface area contributed by atoms with Gasteiger partial charge in [0.1, 0.15) is 5.60 Å². The second-order valence-electron chi connectivity index (χ2n) is 11.0. The summed E-state index contributed by atoms with van der Waals surface area (Å²) in [5, 5.41) is 10.4. The molecule has 0 bridgehead atoms. The fraction of sp³-hybridized carbons (Fsp3) is 0.481. The van der Waals surface area contributed by atoms with E-state index in [1.807, 2.05) is 11.9 Å². The topological polar surface area (TPSA) is 126 Å². The summed E-state index contributed by atoms with van der Waals surface area (Å²) in [5.41, 5.74) is 6.56. The maximum absolute atomic E-state index is 13.5. The Balaban J connectivity index is 1.45. The highest BCUT2D eigenvalue weighted by Gasteiger charge is 2.51. The molecule has 3 N–H and O–H groups in total. The average Bonchev–Trinajstić information content (AvgIpc) is 3.59. The van der Waals surface area contributed by atoms with Crippen LogP contribution in [-0.2, 0) is 15.1 Å². The van der Waals surface area contributed by atoms with Gasteiger partial charge in [0.25, 0.3) is 6.43 Å². The number of amides is 1. The van der Waals surface area contributed by atoms with E-state index in [0.717, 1.165) is 17.4 Å². The standard InChI is InChI=1S/C27H29F5N6O4/c1-13-4-5-14(26(2,41)23(28)29)8-15(13)19-10-34-22-21(33)35-18(11-38(19)22)16-9-17(16)20-12-36(3)6-7-37(20)25(40)42-24(39)27(30,31)32/h4-5,8,10-11,16-17,20,23,41H,6-7,9,12H2,1-3H3,(H2,33,35). The first-order chi connectivity index (χ1) is 19.6. The van der Waals surface area contributed by atoms with Crippen molar-refractivity contribution in [3.8, 4) is 11.3 Å². The molecular weight excluding hydrogens is 567 g/mol. The molecule has 226 valence electrons. The largest absolute Gasteiger partial charge is 0.491 e. The number of aryl methyl sites for hydroxylation is 1. The van der Waals surface area contributed by atoms with E-state index in [0.29, 0.717) is 42.1 Å². The Labute approximate surface area is 236 Å². The number of benzene rings is 1. The summed E-state index contributed by atoms with van der Waals surface area (Å²) < 4.78 is 71.0. The van der Waals surface area contributed by atoms with Crippen LogP contribution in [0.15, 0.2) is 30.6 Å². The van der Waals surface area contributed by atoms with Crippen LogP contribution in [-0.4, -0.2) is 86.7 Å². The van der Waals surface area contributed by atoms with Crippen molar-refractivity contribution in [2.45, 2.75) is 50.4 Å². The first kappa shape index (κ1) is 29.6. The molecule has 10 nitrogen and oxygen atoms in total. The number of anilines is 1. The molecule has 1 saturated carbocycles. The number of halogens is 5. The smallest absolute Gasteiger partial charge is 0.381 e. The minimum absolute atomic E-state index is 0.0231. The quantitative estimate of drug-likeness (QED) is 0.260. The van der Waals surface area contributed by atoms with Crippen LogP contribution in [0.1, 0.15) is 36.1 Å². The Morgan fingerprint density at radius 1 is 1.21 bits per heavy atom. The zero-order chi connectivity index (χ0) is 30.7. The van der Waals surface area contributed by atoms with Gasteiger partial charge in [0.15, 0.2) is 11.5 Å². The molecule has 4 atom stereocenters. The number of carbonyl (C=O) groups is 2. The van der Waals surface area contributed by atoms with Crippen molar-refractivity contribution in [2.24, 2.45) is 5.92 Å². The number of carbonyl (C=O) groups excluding carboxylic acids is 2. The summed E-state index contributed by atoms with van der Waals surface area (Å²) >= 11 is 0. The maximum atomic E-state index is 13.5. The van der Waals surface area contributed by atoms with Crippen molar-refractivity contribution in [1.29, 1.82) is 0 Å².